The van der Waals surface area contributed by atoms with Crippen LogP contribution in [0.5, 0.6) is 17.4 Å². The number of fused-ring (bicyclic) bond motifs is 2. The highest BCUT2D eigenvalue weighted by Crippen LogP contribution is 2.42. The van der Waals surface area contributed by atoms with Crippen LogP contribution in [-0.2, 0) is 24.2 Å². The number of aryl methyl sites for hydroxylation is 1. The molecular formula is C27H31N3O4. The molecule has 5 rings (SSSR count). The van der Waals surface area contributed by atoms with E-state index >= 15 is 0 Å². The molecule has 2 heterocycles. The minimum absolute atomic E-state index is 0.00272. The van der Waals surface area contributed by atoms with Crippen LogP contribution in [0.15, 0.2) is 47.3 Å². The highest BCUT2D eigenvalue weighted by atomic mass is 16.5. The number of nitrogens with zero attached hydrogens (tertiary/aromatic N) is 2. The van der Waals surface area contributed by atoms with Crippen molar-refractivity contribution >= 4 is 5.91 Å². The van der Waals surface area contributed by atoms with Crippen molar-refractivity contribution in [1.29, 1.82) is 0 Å². The summed E-state index contributed by atoms with van der Waals surface area (Å²) in [6, 6.07) is 13.8. The van der Waals surface area contributed by atoms with Crippen molar-refractivity contribution in [1.82, 2.24) is 14.7 Å². The molecule has 1 aromatic heterocycles. The van der Waals surface area contributed by atoms with Gasteiger partial charge in [0.2, 0.25) is 11.8 Å². The molecule has 0 unspecified atom stereocenters. The molecule has 1 aliphatic heterocycles. The van der Waals surface area contributed by atoms with E-state index in [1.165, 1.54) is 5.56 Å². The molecule has 0 spiro atoms. The molecule has 3 aromatic rings. The van der Waals surface area contributed by atoms with Gasteiger partial charge in [0, 0.05) is 18.0 Å². The number of hydrogen-bond donors (Lipinski definition) is 1. The van der Waals surface area contributed by atoms with Gasteiger partial charge < -0.3 is 14.8 Å². The van der Waals surface area contributed by atoms with Crippen molar-refractivity contribution in [3.05, 3.63) is 69.5 Å². The maximum Gasteiger partial charge on any atom is 0.278 e. The quantitative estimate of drug-likeness (QED) is 0.444. The number of para-hydroxylation sites is 1. The number of rotatable bonds is 7. The van der Waals surface area contributed by atoms with Crippen LogP contribution in [0.4, 0.5) is 0 Å². The van der Waals surface area contributed by atoms with Gasteiger partial charge in [0.05, 0.1) is 17.9 Å². The predicted molar refractivity (Wildman–Crippen MR) is 130 cm³/mol. The number of hydrogen-bond acceptors (Lipinski definition) is 4. The van der Waals surface area contributed by atoms with Crippen molar-refractivity contribution < 1.29 is 14.3 Å². The van der Waals surface area contributed by atoms with Crippen LogP contribution in [0.25, 0.3) is 5.69 Å². The lowest BCUT2D eigenvalue weighted by molar-refractivity contribution is -0.122. The molecule has 178 valence electrons. The summed E-state index contributed by atoms with van der Waals surface area (Å²) in [5.74, 6) is 1.54. The summed E-state index contributed by atoms with van der Waals surface area (Å²) in [5.41, 5.74) is 3.18. The van der Waals surface area contributed by atoms with E-state index in [-0.39, 0.29) is 24.1 Å². The van der Waals surface area contributed by atoms with Crippen LogP contribution in [0.3, 0.4) is 0 Å². The van der Waals surface area contributed by atoms with E-state index in [2.05, 4.69) is 12.2 Å². The third-order valence-corrected chi connectivity index (χ3v) is 6.71. The maximum atomic E-state index is 13.6. The summed E-state index contributed by atoms with van der Waals surface area (Å²) in [5, 5.41) is 3.14. The molecule has 1 saturated carbocycles. The normalized spacial score (nSPS) is 14.9. The largest absolute Gasteiger partial charge is 0.490 e. The first-order chi connectivity index (χ1) is 16.6. The van der Waals surface area contributed by atoms with Gasteiger partial charge in [-0.1, -0.05) is 44.0 Å². The summed E-state index contributed by atoms with van der Waals surface area (Å²) >= 11 is 0. The summed E-state index contributed by atoms with van der Waals surface area (Å²) in [6.45, 7) is 4.53. The van der Waals surface area contributed by atoms with E-state index in [4.69, 9.17) is 9.47 Å². The molecule has 0 atom stereocenters. The smallest absolute Gasteiger partial charge is 0.278 e. The fourth-order valence-electron chi connectivity index (χ4n) is 4.97. The van der Waals surface area contributed by atoms with Crippen molar-refractivity contribution in [2.24, 2.45) is 0 Å². The van der Waals surface area contributed by atoms with Crippen LogP contribution in [0.2, 0.25) is 0 Å². The first kappa shape index (κ1) is 22.3. The maximum absolute atomic E-state index is 13.6. The number of carbonyl (C=O) groups excluding carboxylic acids is 1. The zero-order chi connectivity index (χ0) is 23.7. The van der Waals surface area contributed by atoms with Crippen LogP contribution in [0, 0.1) is 0 Å². The standard InChI is InChI=1S/C27H31N3O4/c1-3-18-12-14-21(15-13-18)30-26(32)22-16-19-8-7-11-23(33-4-2)25(19)34-27(22)29(30)17-24(31)28-20-9-5-6-10-20/h7-8,11-15,20H,3-6,9-10,16-17H2,1-2H3,(H,28,31). The average molecular weight is 462 g/mol. The Balaban J connectivity index is 1.58. The first-order valence-corrected chi connectivity index (χ1v) is 12.2. The Morgan fingerprint density at radius 2 is 1.88 bits per heavy atom. The molecule has 7 nitrogen and oxygen atoms in total. The summed E-state index contributed by atoms with van der Waals surface area (Å²) in [4.78, 5) is 26.7. The molecule has 2 aliphatic rings. The fraction of sp³-hybridized carbons (Fsp3) is 0.407. The van der Waals surface area contributed by atoms with Gasteiger partial charge in [-0.2, -0.15) is 0 Å². The van der Waals surface area contributed by atoms with E-state index in [0.717, 1.165) is 37.7 Å². The zero-order valence-corrected chi connectivity index (χ0v) is 19.8. The van der Waals surface area contributed by atoms with Gasteiger partial charge in [0.1, 0.15) is 6.54 Å². The molecule has 2 aromatic carbocycles. The van der Waals surface area contributed by atoms with Crippen LogP contribution in [0.1, 0.15) is 56.2 Å². The summed E-state index contributed by atoms with van der Waals surface area (Å²) < 4.78 is 15.4. The predicted octanol–water partition coefficient (Wildman–Crippen LogP) is 4.36. The molecular weight excluding hydrogens is 430 g/mol. The van der Waals surface area contributed by atoms with Gasteiger partial charge in [0.25, 0.3) is 5.56 Å². The molecule has 1 amide bonds. The van der Waals surface area contributed by atoms with Gasteiger partial charge in [-0.15, -0.1) is 0 Å². The topological polar surface area (TPSA) is 74.5 Å². The Labute approximate surface area is 199 Å². The van der Waals surface area contributed by atoms with Gasteiger partial charge in [-0.25, -0.2) is 9.36 Å². The number of carbonyl (C=O) groups is 1. The monoisotopic (exact) mass is 461 g/mol. The second-order valence-electron chi connectivity index (χ2n) is 8.98. The van der Waals surface area contributed by atoms with Crippen molar-refractivity contribution in [2.45, 2.75) is 65.0 Å². The molecule has 1 aliphatic carbocycles. The Hall–Kier alpha value is -3.48. The number of aromatic nitrogens is 2. The Morgan fingerprint density at radius 1 is 1.12 bits per heavy atom. The second-order valence-corrected chi connectivity index (χ2v) is 8.98. The lowest BCUT2D eigenvalue weighted by atomic mass is 10.0. The fourth-order valence-corrected chi connectivity index (χ4v) is 4.97. The number of amides is 1. The lowest BCUT2D eigenvalue weighted by Gasteiger charge is -2.22. The van der Waals surface area contributed by atoms with E-state index < -0.39 is 0 Å². The summed E-state index contributed by atoms with van der Waals surface area (Å²) in [7, 11) is 0. The van der Waals surface area contributed by atoms with E-state index in [9.17, 15) is 9.59 Å². The van der Waals surface area contributed by atoms with Crippen molar-refractivity contribution in [2.75, 3.05) is 6.61 Å². The highest BCUT2D eigenvalue weighted by molar-refractivity contribution is 5.76. The Kier molecular flexibility index (Phi) is 6.18. The number of nitrogens with one attached hydrogen (secondary N) is 1. The lowest BCUT2D eigenvalue weighted by Crippen LogP contribution is -2.37. The molecule has 1 N–H and O–H groups in total. The molecule has 34 heavy (non-hydrogen) atoms. The second kappa shape index (κ2) is 9.41. The third kappa shape index (κ3) is 4.11. The van der Waals surface area contributed by atoms with Crippen LogP contribution >= 0.6 is 0 Å². The highest BCUT2D eigenvalue weighted by Gasteiger charge is 2.31. The minimum atomic E-state index is -0.166. The molecule has 0 radical (unpaired) electrons. The van der Waals surface area contributed by atoms with Crippen LogP contribution < -0.4 is 20.3 Å². The molecule has 1 fully saturated rings. The van der Waals surface area contributed by atoms with Crippen molar-refractivity contribution in [3.8, 4) is 23.1 Å². The van der Waals surface area contributed by atoms with Crippen LogP contribution in [-0.4, -0.2) is 27.9 Å². The number of ether oxygens (including phenoxy) is 2. The first-order valence-electron chi connectivity index (χ1n) is 12.2. The van der Waals surface area contributed by atoms with Gasteiger partial charge in [0.15, 0.2) is 11.5 Å². The SMILES string of the molecule is CCOc1cccc2c1Oc1c(c(=O)n(-c3ccc(CC)cc3)n1CC(=O)NC1CCCC1)C2. The minimum Gasteiger partial charge on any atom is -0.490 e. The Bertz CT molecular complexity index is 1250. The van der Waals surface area contributed by atoms with Crippen molar-refractivity contribution in [3.63, 3.8) is 0 Å². The van der Waals surface area contributed by atoms with E-state index in [1.807, 2.05) is 49.4 Å². The average Bonchev–Trinajstić information content (AvgIpc) is 3.45. The van der Waals surface area contributed by atoms with Gasteiger partial charge in [-0.05, 0) is 49.9 Å². The number of benzene rings is 2. The van der Waals surface area contributed by atoms with E-state index in [1.54, 1.807) is 9.36 Å². The molecule has 0 bridgehead atoms. The zero-order valence-electron chi connectivity index (χ0n) is 19.8. The summed E-state index contributed by atoms with van der Waals surface area (Å²) in [6.07, 6.45) is 5.62. The van der Waals surface area contributed by atoms with Gasteiger partial charge in [-0.3, -0.25) is 9.59 Å². The van der Waals surface area contributed by atoms with E-state index in [0.29, 0.717) is 41.7 Å². The van der Waals surface area contributed by atoms with Gasteiger partial charge >= 0.3 is 0 Å². The third-order valence-electron chi connectivity index (χ3n) is 6.71. The molecule has 7 heteroatoms. The Morgan fingerprint density at radius 3 is 2.59 bits per heavy atom. The molecule has 0 saturated heterocycles.